The molecule has 10 heteroatoms. The highest BCUT2D eigenvalue weighted by Gasteiger charge is 2.36. The molecule has 1 rings (SSSR count). The highest BCUT2D eigenvalue weighted by atomic mass is 79.9. The van der Waals surface area contributed by atoms with Crippen LogP contribution in [0.1, 0.15) is 51.9 Å². The summed E-state index contributed by atoms with van der Waals surface area (Å²) in [4.78, 5) is 42.2. The highest BCUT2D eigenvalue weighted by Crippen LogP contribution is 2.29. The lowest BCUT2D eigenvalue weighted by atomic mass is 10.2. The molecular formula is C17H24BrN3O6. The van der Waals surface area contributed by atoms with Gasteiger partial charge >= 0.3 is 18.2 Å². The van der Waals surface area contributed by atoms with Crippen molar-refractivity contribution in [2.24, 2.45) is 0 Å². The minimum absolute atomic E-state index is 0.118. The SMILES string of the molecule is COC(=O)c1cc(N)c(Br)nc1N(C(=O)OC(C)(C)C)C(=O)OC(C)(C)C. The number of hydrogen-bond acceptors (Lipinski definition) is 8. The quantitative estimate of drug-likeness (QED) is 0.413. The monoisotopic (exact) mass is 445 g/mol. The van der Waals surface area contributed by atoms with Gasteiger partial charge in [-0.3, -0.25) is 0 Å². The van der Waals surface area contributed by atoms with E-state index in [1.165, 1.54) is 6.07 Å². The Balaban J connectivity index is 3.59. The van der Waals surface area contributed by atoms with Gasteiger partial charge in [-0.25, -0.2) is 19.4 Å². The normalized spacial score (nSPS) is 11.6. The molecule has 9 nitrogen and oxygen atoms in total. The zero-order valence-corrected chi connectivity index (χ0v) is 18.0. The molecule has 0 aromatic carbocycles. The van der Waals surface area contributed by atoms with Crippen LogP contribution in [0.5, 0.6) is 0 Å². The lowest BCUT2D eigenvalue weighted by Gasteiger charge is -2.28. The number of imide groups is 1. The fourth-order valence-electron chi connectivity index (χ4n) is 1.79. The minimum atomic E-state index is -1.06. The van der Waals surface area contributed by atoms with Crippen LogP contribution < -0.4 is 10.6 Å². The van der Waals surface area contributed by atoms with Crippen LogP contribution in [-0.4, -0.2) is 41.5 Å². The Morgan fingerprint density at radius 2 is 1.48 bits per heavy atom. The van der Waals surface area contributed by atoms with Crippen molar-refractivity contribution >= 4 is 45.6 Å². The number of anilines is 2. The van der Waals surface area contributed by atoms with Crippen LogP contribution in [0.25, 0.3) is 0 Å². The van der Waals surface area contributed by atoms with E-state index in [-0.39, 0.29) is 21.7 Å². The van der Waals surface area contributed by atoms with Crippen molar-refractivity contribution in [2.45, 2.75) is 52.7 Å². The zero-order chi connectivity index (χ0) is 21.2. The van der Waals surface area contributed by atoms with Crippen molar-refractivity contribution in [3.05, 3.63) is 16.2 Å². The van der Waals surface area contributed by atoms with Crippen LogP contribution in [-0.2, 0) is 14.2 Å². The number of esters is 1. The van der Waals surface area contributed by atoms with E-state index >= 15 is 0 Å². The van der Waals surface area contributed by atoms with Gasteiger partial charge in [0.25, 0.3) is 0 Å². The van der Waals surface area contributed by atoms with Gasteiger partial charge < -0.3 is 19.9 Å². The number of ether oxygens (including phenoxy) is 3. The molecule has 1 heterocycles. The van der Waals surface area contributed by atoms with Crippen molar-refractivity contribution in [3.8, 4) is 0 Å². The molecule has 0 unspecified atom stereocenters. The standard InChI is InChI=1S/C17H24BrN3O6/c1-16(2,3)26-14(23)21(15(24)27-17(4,5)6)12-9(13(22)25-7)8-10(19)11(18)20-12/h8H,19H2,1-7H3. The van der Waals surface area contributed by atoms with E-state index in [0.717, 1.165) is 7.11 Å². The molecular weight excluding hydrogens is 422 g/mol. The Morgan fingerprint density at radius 3 is 1.85 bits per heavy atom. The number of aromatic nitrogens is 1. The number of amides is 2. The molecule has 0 aliphatic heterocycles. The maximum atomic E-state index is 12.7. The fourth-order valence-corrected chi connectivity index (χ4v) is 2.07. The fraction of sp³-hybridized carbons (Fsp3) is 0.529. The molecule has 0 radical (unpaired) electrons. The molecule has 0 spiro atoms. The molecule has 2 amide bonds. The van der Waals surface area contributed by atoms with Crippen molar-refractivity contribution in [2.75, 3.05) is 17.7 Å². The molecule has 150 valence electrons. The number of rotatable bonds is 2. The molecule has 1 aromatic heterocycles. The molecule has 0 aliphatic carbocycles. The summed E-state index contributed by atoms with van der Waals surface area (Å²) in [5.74, 6) is -1.17. The van der Waals surface area contributed by atoms with E-state index in [2.05, 4.69) is 20.9 Å². The Kier molecular flexibility index (Phi) is 6.82. The van der Waals surface area contributed by atoms with E-state index in [0.29, 0.717) is 4.90 Å². The Bertz CT molecular complexity index is 724. The Labute approximate surface area is 166 Å². The van der Waals surface area contributed by atoms with Gasteiger partial charge in [0.1, 0.15) is 21.4 Å². The average molecular weight is 446 g/mol. The largest absolute Gasteiger partial charge is 0.465 e. The third-order valence-corrected chi connectivity index (χ3v) is 3.39. The highest BCUT2D eigenvalue weighted by molar-refractivity contribution is 9.10. The minimum Gasteiger partial charge on any atom is -0.465 e. The number of carbonyl (C=O) groups excluding carboxylic acids is 3. The van der Waals surface area contributed by atoms with Gasteiger partial charge in [-0.05, 0) is 63.5 Å². The number of pyridine rings is 1. The predicted octanol–water partition coefficient (Wildman–Crippen LogP) is 3.89. The van der Waals surface area contributed by atoms with Crippen LogP contribution in [0.4, 0.5) is 21.1 Å². The summed E-state index contributed by atoms with van der Waals surface area (Å²) in [6, 6.07) is 1.24. The molecule has 0 aliphatic rings. The summed E-state index contributed by atoms with van der Waals surface area (Å²) in [6.45, 7) is 9.78. The predicted molar refractivity (Wildman–Crippen MR) is 103 cm³/mol. The van der Waals surface area contributed by atoms with Crippen LogP contribution in [0.2, 0.25) is 0 Å². The van der Waals surface area contributed by atoms with Crippen LogP contribution in [0.3, 0.4) is 0 Å². The van der Waals surface area contributed by atoms with Crippen molar-refractivity contribution < 1.29 is 28.6 Å². The van der Waals surface area contributed by atoms with Gasteiger partial charge in [-0.1, -0.05) is 0 Å². The summed E-state index contributed by atoms with van der Waals surface area (Å²) in [5, 5.41) is 0. The van der Waals surface area contributed by atoms with E-state index < -0.39 is 29.4 Å². The maximum Gasteiger partial charge on any atom is 0.425 e. The van der Waals surface area contributed by atoms with Gasteiger partial charge in [0, 0.05) is 0 Å². The molecule has 0 saturated heterocycles. The summed E-state index contributed by atoms with van der Waals surface area (Å²) < 4.78 is 15.4. The smallest absolute Gasteiger partial charge is 0.425 e. The summed E-state index contributed by atoms with van der Waals surface area (Å²) in [5.41, 5.74) is 3.87. The summed E-state index contributed by atoms with van der Waals surface area (Å²) >= 11 is 3.12. The second kappa shape index (κ2) is 8.12. The van der Waals surface area contributed by atoms with E-state index in [1.54, 1.807) is 41.5 Å². The average Bonchev–Trinajstić information content (AvgIpc) is 2.46. The van der Waals surface area contributed by atoms with Crippen LogP contribution >= 0.6 is 15.9 Å². The molecule has 0 saturated carbocycles. The Hall–Kier alpha value is -2.36. The van der Waals surface area contributed by atoms with E-state index in [4.69, 9.17) is 19.9 Å². The first kappa shape index (κ1) is 22.7. The molecule has 2 N–H and O–H groups in total. The lowest BCUT2D eigenvalue weighted by Crippen LogP contribution is -2.45. The third kappa shape index (κ3) is 6.38. The molecule has 1 aromatic rings. The number of nitrogens with zero attached hydrogens (tertiary/aromatic N) is 2. The van der Waals surface area contributed by atoms with Crippen LogP contribution in [0.15, 0.2) is 10.7 Å². The van der Waals surface area contributed by atoms with Gasteiger partial charge in [0.05, 0.1) is 12.8 Å². The van der Waals surface area contributed by atoms with E-state index in [1.807, 2.05) is 0 Å². The number of halogens is 1. The number of carbonyl (C=O) groups is 3. The lowest BCUT2D eigenvalue weighted by molar-refractivity contribution is 0.0428. The number of nitrogens with two attached hydrogens (primary N) is 1. The summed E-state index contributed by atoms with van der Waals surface area (Å²) in [6.07, 6.45) is -2.13. The van der Waals surface area contributed by atoms with Gasteiger partial charge in [0.15, 0.2) is 5.82 Å². The zero-order valence-electron chi connectivity index (χ0n) is 16.4. The topological polar surface area (TPSA) is 121 Å². The molecule has 27 heavy (non-hydrogen) atoms. The number of hydrogen-bond donors (Lipinski definition) is 1. The second-order valence-electron chi connectivity index (χ2n) is 7.53. The van der Waals surface area contributed by atoms with Gasteiger partial charge in [-0.15, -0.1) is 0 Å². The Morgan fingerprint density at radius 1 is 1.04 bits per heavy atom. The van der Waals surface area contributed by atoms with Crippen molar-refractivity contribution in [1.29, 1.82) is 0 Å². The third-order valence-electron chi connectivity index (χ3n) is 2.75. The van der Waals surface area contributed by atoms with Crippen molar-refractivity contribution in [3.63, 3.8) is 0 Å². The first-order valence-electron chi connectivity index (χ1n) is 7.96. The van der Waals surface area contributed by atoms with Crippen LogP contribution in [0, 0.1) is 0 Å². The second-order valence-corrected chi connectivity index (χ2v) is 8.28. The summed E-state index contributed by atoms with van der Waals surface area (Å²) in [7, 11) is 1.15. The molecule has 0 bridgehead atoms. The number of nitrogen functional groups attached to an aromatic ring is 1. The maximum absolute atomic E-state index is 12.7. The molecule has 0 atom stereocenters. The first-order valence-corrected chi connectivity index (χ1v) is 8.76. The first-order chi connectivity index (χ1) is 12.2. The molecule has 0 fully saturated rings. The van der Waals surface area contributed by atoms with E-state index in [9.17, 15) is 14.4 Å². The number of methoxy groups -OCH3 is 1. The van der Waals surface area contributed by atoms with Crippen molar-refractivity contribution in [1.82, 2.24) is 4.98 Å². The van der Waals surface area contributed by atoms with Gasteiger partial charge in [0.2, 0.25) is 0 Å². The van der Waals surface area contributed by atoms with Gasteiger partial charge in [-0.2, -0.15) is 4.90 Å².